The number of fused-ring (bicyclic) bond motifs is 38. The van der Waals surface area contributed by atoms with Crippen molar-refractivity contribution in [1.82, 2.24) is 46.4 Å². The van der Waals surface area contributed by atoms with Crippen molar-refractivity contribution in [3.8, 4) is 45.6 Å². The molecule has 0 unspecified atom stereocenters. The third kappa shape index (κ3) is 8.38. The second kappa shape index (κ2) is 21.1. The summed E-state index contributed by atoms with van der Waals surface area (Å²) in [6, 6.07) is 82.5. The molecular formula is C80H41GaN16OTi. The van der Waals surface area contributed by atoms with Crippen LogP contribution in [0.15, 0.2) is 273 Å². The second-order valence-electron chi connectivity index (χ2n) is 25.0. The maximum atomic E-state index is 12.7. The molecule has 12 aromatic carbocycles. The topological polar surface area (TPSA) is 210 Å². The van der Waals surface area contributed by atoms with Crippen molar-refractivity contribution in [1.29, 1.82) is 0 Å². The maximum Gasteiger partial charge on any atom is 2.00 e. The van der Waals surface area contributed by atoms with Gasteiger partial charge >= 0.3 is 266 Å². The van der Waals surface area contributed by atoms with E-state index in [4.69, 9.17) is 69.8 Å². The number of hydrogen-bond donors (Lipinski definition) is 1. The van der Waals surface area contributed by atoms with E-state index in [9.17, 15) is 3.90 Å². The molecule has 0 aliphatic carbocycles. The summed E-state index contributed by atoms with van der Waals surface area (Å²) in [5.74, 6) is 5.65. The minimum atomic E-state index is -3.85. The van der Waals surface area contributed by atoms with Crippen molar-refractivity contribution < 1.29 is 25.6 Å². The first-order valence-corrected chi connectivity index (χ1v) is 35.4. The Morgan fingerprint density at radius 3 is 0.828 bits per heavy atom. The molecule has 0 saturated carbocycles. The Bertz CT molecular complexity index is 6420. The van der Waals surface area contributed by atoms with Crippen molar-refractivity contribution in [3.05, 3.63) is 276 Å². The fourth-order valence-corrected chi connectivity index (χ4v) is 18.8. The van der Waals surface area contributed by atoms with Crippen LogP contribution in [0.5, 0.6) is 0 Å². The predicted octanol–water partition coefficient (Wildman–Crippen LogP) is 14.7. The second-order valence-corrected chi connectivity index (χ2v) is 28.6. The van der Waals surface area contributed by atoms with Crippen molar-refractivity contribution in [2.75, 3.05) is 0 Å². The van der Waals surface area contributed by atoms with Crippen LogP contribution in [0.25, 0.3) is 154 Å². The summed E-state index contributed by atoms with van der Waals surface area (Å²) < 4.78 is 16.6. The van der Waals surface area contributed by atoms with Crippen LogP contribution in [-0.2, 0) is 21.7 Å². The van der Waals surface area contributed by atoms with Crippen LogP contribution in [0.2, 0.25) is 0 Å². The zero-order valence-corrected chi connectivity index (χ0v) is 55.8. The third-order valence-electron chi connectivity index (χ3n) is 19.4. The predicted molar refractivity (Wildman–Crippen MR) is 387 cm³/mol. The van der Waals surface area contributed by atoms with Crippen LogP contribution >= 0.6 is 0 Å². The molecule has 17 nitrogen and oxygen atoms in total. The van der Waals surface area contributed by atoms with Crippen LogP contribution in [-0.4, -0.2) is 80.8 Å². The van der Waals surface area contributed by atoms with Gasteiger partial charge in [0.1, 0.15) is 0 Å². The molecule has 19 heteroatoms. The number of aliphatic imine (C=N–C) groups is 4. The molecule has 5 aromatic heterocycles. The summed E-state index contributed by atoms with van der Waals surface area (Å²) in [6.45, 7) is 0. The SMILES string of the molecule is [OH][Ga]1[n]2c3c4ccccc4c2N=C2N=C(N=c4c5ccccc5c([n]41)=NC1=NC(=N3)c3ccccc31)c1ccccc12.[Ti+2].c1ccc2cc3c(cc2c1)-c1nc-3nc2[n-]c(nc3nc(nc4[n-]c(n1)c1cc5ccccc5cc41)-c1cc4ccccc4cc1-3)c1cc3ccccc3cc21. The van der Waals surface area contributed by atoms with Gasteiger partial charge in [-0.15, -0.1) is 0 Å². The molecule has 17 aromatic rings. The summed E-state index contributed by atoms with van der Waals surface area (Å²) in [5.41, 5.74) is 10.5. The van der Waals surface area contributed by atoms with Gasteiger partial charge in [-0.25, -0.2) is 9.97 Å². The summed E-state index contributed by atoms with van der Waals surface area (Å²) in [6.07, 6.45) is 0. The van der Waals surface area contributed by atoms with Gasteiger partial charge in [-0.2, -0.15) is 0 Å². The third-order valence-corrected chi connectivity index (χ3v) is 23.4. The molecule has 454 valence electrons. The summed E-state index contributed by atoms with van der Waals surface area (Å²) >= 11 is -3.85. The van der Waals surface area contributed by atoms with Crippen LogP contribution in [0.1, 0.15) is 22.3 Å². The number of hydrogen-bond acceptors (Lipinski definition) is 13. The Labute approximate surface area is 580 Å². The fourth-order valence-electron chi connectivity index (χ4n) is 14.8. The van der Waals surface area contributed by atoms with Crippen LogP contribution in [0.3, 0.4) is 0 Å². The maximum absolute atomic E-state index is 12.7. The van der Waals surface area contributed by atoms with E-state index in [0.717, 1.165) is 131 Å². The Balaban J connectivity index is 0.000000134. The summed E-state index contributed by atoms with van der Waals surface area (Å²) in [4.78, 5) is 72.1. The zero-order valence-electron chi connectivity index (χ0n) is 51.8. The number of amidine groups is 4. The van der Waals surface area contributed by atoms with Gasteiger partial charge < -0.3 is 29.9 Å². The number of aromatic nitrogens is 10. The molecule has 0 saturated heterocycles. The van der Waals surface area contributed by atoms with E-state index in [1.54, 1.807) is 0 Å². The average Bonchev–Trinajstić information content (AvgIpc) is 1.56. The van der Waals surface area contributed by atoms with Gasteiger partial charge in [0, 0.05) is 44.8 Å². The van der Waals surface area contributed by atoms with E-state index in [1.165, 1.54) is 0 Å². The first kappa shape index (κ1) is 55.9. The van der Waals surface area contributed by atoms with Crippen molar-refractivity contribution >= 4 is 161 Å². The van der Waals surface area contributed by atoms with Crippen LogP contribution in [0.4, 0.5) is 11.6 Å². The fraction of sp³-hybridized carbons (Fsp3) is 0. The molecule has 0 radical (unpaired) electrons. The molecule has 23 rings (SSSR count). The normalized spacial score (nSPS) is 13.6. The molecular weight excluding hydrogens is 1320 g/mol. The van der Waals surface area contributed by atoms with E-state index in [-0.39, 0.29) is 21.7 Å². The minimum absolute atomic E-state index is 0. The molecule has 99 heavy (non-hydrogen) atoms. The first-order valence-electron chi connectivity index (χ1n) is 32.2. The Morgan fingerprint density at radius 1 is 0.253 bits per heavy atom. The number of nitrogens with zero attached hydrogens (tertiary/aromatic N) is 16. The molecule has 0 spiro atoms. The van der Waals surface area contributed by atoms with Crippen LogP contribution < -0.4 is 20.9 Å². The monoisotopic (exact) mass is 1360 g/mol. The summed E-state index contributed by atoms with van der Waals surface area (Å²) in [5, 5.41) is 15.8. The van der Waals surface area contributed by atoms with Gasteiger partial charge in [-0.05, 0) is 113 Å². The molecule has 0 atom stereocenters. The number of rotatable bonds is 0. The Morgan fingerprint density at radius 2 is 0.515 bits per heavy atom. The quantitative estimate of drug-likeness (QED) is 0.143. The Kier molecular flexibility index (Phi) is 11.9. The standard InChI is InChI=1S/C48H24N8.C32H16N8.Ga.H2O.Ti/c1-2-10-26-18-34-33(17-25(26)9-1)41-49-42(34)54-44-37-21-29-13-5-6-14-30(29)22-38(37)46(51-44)56-48-40-24-32-16-8-7-15-31(32)23-39(40)47(52-48)55-45-36-20-28-12-4-3-11-27(28)19-35(36)43(50-45)53-41;1-2-10-18-17(9-1)25-33-26(18)38-28-21-13-5-6-14-22(21)30(35-28)40-32-24-16-8-7-15-23(24)31(36-32)39-29-20-12-4-3-11-19(20)27(34-29)37-25;;;/h1-24H;1-16H;;1H2;/q2*-2;+3;;+2/p-1. The molecule has 6 aliphatic heterocycles. The van der Waals surface area contributed by atoms with E-state index < -0.39 is 17.1 Å². The average molecular weight is 1360 g/mol. The molecule has 11 heterocycles. The van der Waals surface area contributed by atoms with Gasteiger partial charge in [0.05, 0.1) is 23.3 Å². The van der Waals surface area contributed by atoms with E-state index >= 15 is 0 Å². The van der Waals surface area contributed by atoms with Crippen LogP contribution in [0, 0.1) is 0 Å². The smallest absolute Gasteiger partial charge is 0.357 e. The van der Waals surface area contributed by atoms with Gasteiger partial charge in [0.15, 0.2) is 0 Å². The van der Waals surface area contributed by atoms with E-state index in [0.29, 0.717) is 91.8 Å². The first-order chi connectivity index (χ1) is 48.4. The molecule has 14 bridgehead atoms. The van der Waals surface area contributed by atoms with Gasteiger partial charge in [-0.3, -0.25) is 0 Å². The largest absolute Gasteiger partial charge is 2.00 e. The van der Waals surface area contributed by atoms with Crippen molar-refractivity contribution in [3.63, 3.8) is 0 Å². The van der Waals surface area contributed by atoms with Crippen molar-refractivity contribution in [2.24, 2.45) is 30.0 Å². The zero-order chi connectivity index (χ0) is 64.0. The Hall–Kier alpha value is -12.3. The van der Waals surface area contributed by atoms with E-state index in [1.807, 2.05) is 152 Å². The number of benzene rings is 12. The van der Waals surface area contributed by atoms with Gasteiger partial charge in [0.2, 0.25) is 0 Å². The van der Waals surface area contributed by atoms with Gasteiger partial charge in [-0.1, -0.05) is 97.1 Å². The minimum Gasteiger partial charge on any atom is -0.357 e. The molecule has 6 aliphatic rings. The van der Waals surface area contributed by atoms with Gasteiger partial charge in [0.25, 0.3) is 0 Å². The molecule has 0 fully saturated rings. The molecule has 0 amide bonds. The summed E-state index contributed by atoms with van der Waals surface area (Å²) in [7, 11) is 0. The van der Waals surface area contributed by atoms with E-state index in [2.05, 4.69) is 97.1 Å². The molecule has 1 N–H and O–H groups in total. The van der Waals surface area contributed by atoms with Crippen molar-refractivity contribution in [2.45, 2.75) is 0 Å².